The summed E-state index contributed by atoms with van der Waals surface area (Å²) in [5.74, 6) is -0.421. The maximum Gasteiger partial charge on any atom is 0.322 e. The standard InChI is InChI=1S/C16H23NO3/c1-4-8-15(13(3)20-16(18)12(2)17)19-11-14-9-6-5-7-10-14/h4-7,9-10,12-13,15H,1,8,11,17H2,2-3H3/t12-,13-,15+/m0/s1. The molecule has 0 radical (unpaired) electrons. The highest BCUT2D eigenvalue weighted by atomic mass is 16.6. The van der Waals surface area contributed by atoms with Crippen molar-refractivity contribution in [1.29, 1.82) is 0 Å². The number of esters is 1. The van der Waals surface area contributed by atoms with Crippen LogP contribution in [0.25, 0.3) is 0 Å². The van der Waals surface area contributed by atoms with Gasteiger partial charge in [0, 0.05) is 0 Å². The third-order valence-electron chi connectivity index (χ3n) is 2.90. The van der Waals surface area contributed by atoms with Crippen LogP contribution in [-0.4, -0.2) is 24.2 Å². The summed E-state index contributed by atoms with van der Waals surface area (Å²) in [7, 11) is 0. The Bertz CT molecular complexity index is 417. The maximum absolute atomic E-state index is 11.5. The first-order valence-electron chi connectivity index (χ1n) is 6.77. The normalized spacial score (nSPS) is 15.2. The minimum atomic E-state index is -0.629. The second-order valence-electron chi connectivity index (χ2n) is 4.79. The summed E-state index contributed by atoms with van der Waals surface area (Å²) in [5, 5.41) is 0. The van der Waals surface area contributed by atoms with Crippen molar-refractivity contribution in [3.63, 3.8) is 0 Å². The molecule has 0 unspecified atom stereocenters. The molecule has 3 atom stereocenters. The summed E-state index contributed by atoms with van der Waals surface area (Å²) in [6, 6.07) is 9.22. The van der Waals surface area contributed by atoms with Crippen LogP contribution in [0.1, 0.15) is 25.8 Å². The fraction of sp³-hybridized carbons (Fsp3) is 0.438. The number of carbonyl (C=O) groups is 1. The van der Waals surface area contributed by atoms with Crippen LogP contribution in [-0.2, 0) is 20.9 Å². The van der Waals surface area contributed by atoms with Gasteiger partial charge in [0.15, 0.2) is 0 Å². The first kappa shape index (κ1) is 16.4. The molecule has 0 aliphatic carbocycles. The summed E-state index contributed by atoms with van der Waals surface area (Å²) < 4.78 is 11.1. The Morgan fingerprint density at radius 1 is 1.35 bits per heavy atom. The van der Waals surface area contributed by atoms with Crippen LogP contribution in [0, 0.1) is 0 Å². The Morgan fingerprint density at radius 2 is 2.00 bits per heavy atom. The average molecular weight is 277 g/mol. The molecule has 0 bridgehead atoms. The molecule has 0 aliphatic heterocycles. The van der Waals surface area contributed by atoms with E-state index in [1.807, 2.05) is 30.3 Å². The van der Waals surface area contributed by atoms with E-state index in [1.54, 1.807) is 19.9 Å². The number of ether oxygens (including phenoxy) is 2. The van der Waals surface area contributed by atoms with Gasteiger partial charge >= 0.3 is 5.97 Å². The molecule has 0 aliphatic rings. The van der Waals surface area contributed by atoms with Crippen molar-refractivity contribution in [2.24, 2.45) is 5.73 Å². The van der Waals surface area contributed by atoms with Crippen molar-refractivity contribution in [2.45, 2.75) is 45.1 Å². The molecule has 20 heavy (non-hydrogen) atoms. The molecular formula is C16H23NO3. The molecule has 2 N–H and O–H groups in total. The second-order valence-corrected chi connectivity index (χ2v) is 4.79. The molecule has 0 amide bonds. The molecule has 110 valence electrons. The highest BCUT2D eigenvalue weighted by Gasteiger charge is 2.22. The highest BCUT2D eigenvalue weighted by Crippen LogP contribution is 2.13. The van der Waals surface area contributed by atoms with E-state index < -0.39 is 12.0 Å². The third kappa shape index (κ3) is 5.55. The van der Waals surface area contributed by atoms with E-state index in [-0.39, 0.29) is 12.2 Å². The van der Waals surface area contributed by atoms with Gasteiger partial charge in [0.2, 0.25) is 0 Å². The van der Waals surface area contributed by atoms with Gasteiger partial charge < -0.3 is 15.2 Å². The van der Waals surface area contributed by atoms with Gasteiger partial charge in [0.25, 0.3) is 0 Å². The molecule has 0 spiro atoms. The summed E-state index contributed by atoms with van der Waals surface area (Å²) in [6.07, 6.45) is 1.78. The van der Waals surface area contributed by atoms with Gasteiger partial charge in [-0.1, -0.05) is 36.4 Å². The summed E-state index contributed by atoms with van der Waals surface area (Å²) in [5.41, 5.74) is 6.56. The predicted octanol–water partition coefficient (Wildman–Crippen LogP) is 2.43. The zero-order chi connectivity index (χ0) is 15.0. The quantitative estimate of drug-likeness (QED) is 0.585. The van der Waals surface area contributed by atoms with Gasteiger partial charge in [-0.05, 0) is 25.8 Å². The van der Waals surface area contributed by atoms with E-state index in [0.717, 1.165) is 5.56 Å². The van der Waals surface area contributed by atoms with Crippen molar-refractivity contribution < 1.29 is 14.3 Å². The van der Waals surface area contributed by atoms with Crippen molar-refractivity contribution >= 4 is 5.97 Å². The Hall–Kier alpha value is -1.65. The Balaban J connectivity index is 2.54. The molecule has 0 aromatic heterocycles. The number of nitrogens with two attached hydrogens (primary N) is 1. The van der Waals surface area contributed by atoms with Gasteiger partial charge in [-0.2, -0.15) is 0 Å². The second kappa shape index (κ2) is 8.51. The topological polar surface area (TPSA) is 61.5 Å². The minimum Gasteiger partial charge on any atom is -0.459 e. The zero-order valence-corrected chi connectivity index (χ0v) is 12.1. The monoisotopic (exact) mass is 277 g/mol. The van der Waals surface area contributed by atoms with Crippen LogP contribution in [0.15, 0.2) is 43.0 Å². The van der Waals surface area contributed by atoms with Gasteiger partial charge in [-0.15, -0.1) is 6.58 Å². The predicted molar refractivity (Wildman–Crippen MR) is 79.0 cm³/mol. The average Bonchev–Trinajstić information content (AvgIpc) is 2.44. The Morgan fingerprint density at radius 3 is 2.55 bits per heavy atom. The van der Waals surface area contributed by atoms with Crippen LogP contribution in [0.5, 0.6) is 0 Å². The fourth-order valence-electron chi connectivity index (χ4n) is 1.70. The molecular weight excluding hydrogens is 254 g/mol. The van der Waals surface area contributed by atoms with E-state index in [1.165, 1.54) is 0 Å². The lowest BCUT2D eigenvalue weighted by Crippen LogP contribution is -2.37. The van der Waals surface area contributed by atoms with Crippen molar-refractivity contribution in [3.8, 4) is 0 Å². The van der Waals surface area contributed by atoms with Crippen LogP contribution < -0.4 is 5.73 Å². The third-order valence-corrected chi connectivity index (χ3v) is 2.90. The van der Waals surface area contributed by atoms with Crippen LogP contribution in [0.3, 0.4) is 0 Å². The van der Waals surface area contributed by atoms with E-state index in [0.29, 0.717) is 13.0 Å². The molecule has 4 heteroatoms. The largest absolute Gasteiger partial charge is 0.459 e. The minimum absolute atomic E-state index is 0.226. The maximum atomic E-state index is 11.5. The van der Waals surface area contributed by atoms with Crippen LogP contribution in [0.4, 0.5) is 0 Å². The number of hydrogen-bond donors (Lipinski definition) is 1. The Labute approximate surface area is 120 Å². The van der Waals surface area contributed by atoms with E-state index in [4.69, 9.17) is 15.2 Å². The molecule has 1 aromatic rings. The molecule has 1 aromatic carbocycles. The smallest absolute Gasteiger partial charge is 0.322 e. The molecule has 4 nitrogen and oxygen atoms in total. The van der Waals surface area contributed by atoms with E-state index in [9.17, 15) is 4.79 Å². The molecule has 0 heterocycles. The van der Waals surface area contributed by atoms with Gasteiger partial charge in [-0.25, -0.2) is 0 Å². The number of hydrogen-bond acceptors (Lipinski definition) is 4. The number of benzene rings is 1. The Kier molecular flexibility index (Phi) is 6.98. The first-order chi connectivity index (χ1) is 9.54. The van der Waals surface area contributed by atoms with Gasteiger partial charge in [0.1, 0.15) is 12.1 Å². The highest BCUT2D eigenvalue weighted by molar-refractivity contribution is 5.75. The molecule has 0 saturated heterocycles. The van der Waals surface area contributed by atoms with Crippen LogP contribution in [0.2, 0.25) is 0 Å². The first-order valence-corrected chi connectivity index (χ1v) is 6.77. The van der Waals surface area contributed by atoms with Gasteiger partial charge in [0.05, 0.1) is 12.7 Å². The van der Waals surface area contributed by atoms with E-state index >= 15 is 0 Å². The molecule has 0 fully saturated rings. The number of carbonyl (C=O) groups excluding carboxylic acids is 1. The van der Waals surface area contributed by atoms with Crippen LogP contribution >= 0.6 is 0 Å². The van der Waals surface area contributed by atoms with Gasteiger partial charge in [-0.3, -0.25) is 4.79 Å². The lowest BCUT2D eigenvalue weighted by molar-refractivity contribution is -0.157. The SMILES string of the molecule is C=CC[C@@H](OCc1ccccc1)[C@H](C)OC(=O)[C@H](C)N. The summed E-state index contributed by atoms with van der Waals surface area (Å²) in [6.45, 7) is 7.58. The summed E-state index contributed by atoms with van der Waals surface area (Å²) >= 11 is 0. The van der Waals surface area contributed by atoms with Crippen molar-refractivity contribution in [1.82, 2.24) is 0 Å². The summed E-state index contributed by atoms with van der Waals surface area (Å²) in [4.78, 5) is 11.5. The lowest BCUT2D eigenvalue weighted by Gasteiger charge is -2.24. The molecule has 0 saturated carbocycles. The van der Waals surface area contributed by atoms with E-state index in [2.05, 4.69) is 6.58 Å². The van der Waals surface area contributed by atoms with Crippen molar-refractivity contribution in [2.75, 3.05) is 0 Å². The van der Waals surface area contributed by atoms with Crippen molar-refractivity contribution in [3.05, 3.63) is 48.6 Å². The zero-order valence-electron chi connectivity index (χ0n) is 12.1. The lowest BCUT2D eigenvalue weighted by atomic mass is 10.1. The number of rotatable bonds is 8. The molecule has 1 rings (SSSR count). The fourth-order valence-corrected chi connectivity index (χ4v) is 1.70.